The lowest BCUT2D eigenvalue weighted by Gasteiger charge is -2.11. The fraction of sp³-hybridized carbons (Fsp3) is 0.154. The van der Waals surface area contributed by atoms with Gasteiger partial charge >= 0.3 is 0 Å². The van der Waals surface area contributed by atoms with E-state index in [1.807, 2.05) is 18.2 Å². The molecule has 1 aromatic carbocycles. The molecule has 0 saturated heterocycles. The second-order valence-electron chi connectivity index (χ2n) is 3.75. The molecular weight excluding hydrogens is 250 g/mol. The minimum Gasteiger partial charge on any atom is -0.496 e. The highest BCUT2D eigenvalue weighted by Crippen LogP contribution is 2.26. The SMILES string of the molecule is COc1cccc(Cl)c1CNc1cc(N)ccn1. The van der Waals surface area contributed by atoms with E-state index in [1.54, 1.807) is 25.4 Å². The number of halogens is 1. The van der Waals surface area contributed by atoms with Crippen LogP contribution in [0.25, 0.3) is 0 Å². The molecule has 4 nitrogen and oxygen atoms in total. The zero-order valence-electron chi connectivity index (χ0n) is 9.98. The Bertz CT molecular complexity index is 546. The fourth-order valence-corrected chi connectivity index (χ4v) is 1.86. The van der Waals surface area contributed by atoms with E-state index < -0.39 is 0 Å². The quantitative estimate of drug-likeness (QED) is 0.890. The molecule has 5 heteroatoms. The Morgan fingerprint density at radius 1 is 1.39 bits per heavy atom. The summed E-state index contributed by atoms with van der Waals surface area (Å²) >= 11 is 6.14. The van der Waals surface area contributed by atoms with Gasteiger partial charge in [-0.2, -0.15) is 0 Å². The minimum absolute atomic E-state index is 0.527. The van der Waals surface area contributed by atoms with Crippen LogP contribution >= 0.6 is 11.6 Å². The topological polar surface area (TPSA) is 60.2 Å². The Morgan fingerprint density at radius 3 is 2.94 bits per heavy atom. The van der Waals surface area contributed by atoms with Crippen molar-refractivity contribution in [3.05, 3.63) is 47.1 Å². The molecule has 0 aliphatic heterocycles. The number of nitrogen functional groups attached to an aromatic ring is 1. The van der Waals surface area contributed by atoms with E-state index in [2.05, 4.69) is 10.3 Å². The number of pyridine rings is 1. The number of anilines is 2. The van der Waals surface area contributed by atoms with Crippen LogP contribution in [0.15, 0.2) is 36.5 Å². The van der Waals surface area contributed by atoms with Crippen LogP contribution in [0.2, 0.25) is 5.02 Å². The number of benzene rings is 1. The van der Waals surface area contributed by atoms with Crippen molar-refractivity contribution in [1.82, 2.24) is 4.98 Å². The summed E-state index contributed by atoms with van der Waals surface area (Å²) in [5.74, 6) is 1.45. The van der Waals surface area contributed by atoms with Gasteiger partial charge in [0, 0.05) is 35.1 Å². The maximum absolute atomic E-state index is 6.14. The molecule has 0 fully saturated rings. The van der Waals surface area contributed by atoms with Crippen LogP contribution in [0.1, 0.15) is 5.56 Å². The first-order chi connectivity index (χ1) is 8.70. The van der Waals surface area contributed by atoms with Crippen molar-refractivity contribution < 1.29 is 4.74 Å². The number of rotatable bonds is 4. The molecule has 18 heavy (non-hydrogen) atoms. The van der Waals surface area contributed by atoms with Gasteiger partial charge in [0.25, 0.3) is 0 Å². The molecular formula is C13H14ClN3O. The van der Waals surface area contributed by atoms with Gasteiger partial charge in [-0.25, -0.2) is 4.98 Å². The minimum atomic E-state index is 0.527. The lowest BCUT2D eigenvalue weighted by atomic mass is 10.2. The van der Waals surface area contributed by atoms with Crippen molar-refractivity contribution >= 4 is 23.1 Å². The van der Waals surface area contributed by atoms with Gasteiger partial charge in [-0.15, -0.1) is 0 Å². The number of hydrogen-bond acceptors (Lipinski definition) is 4. The molecule has 0 aliphatic carbocycles. The molecule has 0 saturated carbocycles. The van der Waals surface area contributed by atoms with Gasteiger partial charge in [0.05, 0.1) is 7.11 Å². The van der Waals surface area contributed by atoms with E-state index in [4.69, 9.17) is 22.1 Å². The van der Waals surface area contributed by atoms with Crippen molar-refractivity contribution in [1.29, 1.82) is 0 Å². The van der Waals surface area contributed by atoms with Gasteiger partial charge in [-0.1, -0.05) is 17.7 Å². The molecule has 1 aromatic heterocycles. The predicted molar refractivity (Wildman–Crippen MR) is 74.0 cm³/mol. The van der Waals surface area contributed by atoms with Gasteiger partial charge in [-0.3, -0.25) is 0 Å². The Hall–Kier alpha value is -1.94. The summed E-state index contributed by atoms with van der Waals surface area (Å²) in [6.07, 6.45) is 1.65. The summed E-state index contributed by atoms with van der Waals surface area (Å²) in [5.41, 5.74) is 7.24. The molecule has 2 rings (SSSR count). The third kappa shape index (κ3) is 2.84. The van der Waals surface area contributed by atoms with Gasteiger partial charge in [-0.05, 0) is 18.2 Å². The maximum atomic E-state index is 6.14. The molecule has 3 N–H and O–H groups in total. The molecule has 94 valence electrons. The van der Waals surface area contributed by atoms with Gasteiger partial charge < -0.3 is 15.8 Å². The van der Waals surface area contributed by atoms with Crippen LogP contribution < -0.4 is 15.8 Å². The molecule has 0 amide bonds. The van der Waals surface area contributed by atoms with E-state index in [0.29, 0.717) is 23.1 Å². The molecule has 2 aromatic rings. The smallest absolute Gasteiger partial charge is 0.128 e. The summed E-state index contributed by atoms with van der Waals surface area (Å²) in [6, 6.07) is 9.05. The summed E-state index contributed by atoms with van der Waals surface area (Å²) in [5, 5.41) is 3.82. The molecule has 1 heterocycles. The lowest BCUT2D eigenvalue weighted by Crippen LogP contribution is -2.04. The highest BCUT2D eigenvalue weighted by atomic mass is 35.5. The van der Waals surface area contributed by atoms with Gasteiger partial charge in [0.1, 0.15) is 11.6 Å². The van der Waals surface area contributed by atoms with Gasteiger partial charge in [0.15, 0.2) is 0 Å². The number of nitrogens with one attached hydrogen (secondary N) is 1. The maximum Gasteiger partial charge on any atom is 0.128 e. The zero-order chi connectivity index (χ0) is 13.0. The number of methoxy groups -OCH3 is 1. The standard InChI is InChI=1S/C13H14ClN3O/c1-18-12-4-2-3-11(14)10(12)8-17-13-7-9(15)5-6-16-13/h2-7H,8H2,1H3,(H3,15,16,17). The third-order valence-corrected chi connectivity index (χ3v) is 2.88. The number of hydrogen-bond donors (Lipinski definition) is 2. The van der Waals surface area contributed by atoms with Crippen LogP contribution in [-0.2, 0) is 6.54 Å². The van der Waals surface area contributed by atoms with Crippen molar-refractivity contribution in [2.75, 3.05) is 18.2 Å². The van der Waals surface area contributed by atoms with Gasteiger partial charge in [0.2, 0.25) is 0 Å². The van der Waals surface area contributed by atoms with E-state index in [9.17, 15) is 0 Å². The average molecular weight is 264 g/mol. The van der Waals surface area contributed by atoms with Crippen LogP contribution in [0.5, 0.6) is 5.75 Å². The van der Waals surface area contributed by atoms with Crippen LogP contribution in [0, 0.1) is 0 Å². The number of ether oxygens (including phenoxy) is 1. The largest absolute Gasteiger partial charge is 0.496 e. The predicted octanol–water partition coefficient (Wildman–Crippen LogP) is 2.94. The molecule has 0 unspecified atom stereocenters. The first kappa shape index (κ1) is 12.5. The Labute approximate surface area is 111 Å². The molecule has 0 spiro atoms. The van der Waals surface area contributed by atoms with E-state index in [1.165, 1.54) is 0 Å². The zero-order valence-corrected chi connectivity index (χ0v) is 10.7. The molecule has 0 aliphatic rings. The highest BCUT2D eigenvalue weighted by Gasteiger charge is 2.07. The molecule has 0 radical (unpaired) electrons. The summed E-state index contributed by atoms with van der Waals surface area (Å²) in [6.45, 7) is 0.527. The van der Waals surface area contributed by atoms with E-state index >= 15 is 0 Å². The monoisotopic (exact) mass is 263 g/mol. The summed E-state index contributed by atoms with van der Waals surface area (Å²) < 4.78 is 5.27. The van der Waals surface area contributed by atoms with E-state index in [0.717, 1.165) is 11.3 Å². The molecule has 0 atom stereocenters. The normalized spacial score (nSPS) is 10.1. The first-order valence-corrected chi connectivity index (χ1v) is 5.85. The Kier molecular flexibility index (Phi) is 3.89. The van der Waals surface area contributed by atoms with Crippen LogP contribution in [-0.4, -0.2) is 12.1 Å². The van der Waals surface area contributed by atoms with Crippen LogP contribution in [0.3, 0.4) is 0 Å². The number of nitrogens with zero attached hydrogens (tertiary/aromatic N) is 1. The van der Waals surface area contributed by atoms with E-state index in [-0.39, 0.29) is 0 Å². The number of aromatic nitrogens is 1. The highest BCUT2D eigenvalue weighted by molar-refractivity contribution is 6.31. The van der Waals surface area contributed by atoms with Crippen molar-refractivity contribution in [3.8, 4) is 5.75 Å². The molecule has 0 bridgehead atoms. The van der Waals surface area contributed by atoms with Crippen molar-refractivity contribution in [2.45, 2.75) is 6.54 Å². The Balaban J connectivity index is 2.15. The van der Waals surface area contributed by atoms with Crippen LogP contribution in [0.4, 0.5) is 11.5 Å². The van der Waals surface area contributed by atoms with Crippen molar-refractivity contribution in [2.24, 2.45) is 0 Å². The van der Waals surface area contributed by atoms with Crippen molar-refractivity contribution in [3.63, 3.8) is 0 Å². The number of nitrogens with two attached hydrogens (primary N) is 1. The third-order valence-electron chi connectivity index (χ3n) is 2.53. The lowest BCUT2D eigenvalue weighted by molar-refractivity contribution is 0.410. The second kappa shape index (κ2) is 5.60. The average Bonchev–Trinajstić information content (AvgIpc) is 2.37. The second-order valence-corrected chi connectivity index (χ2v) is 4.16. The fourth-order valence-electron chi connectivity index (χ4n) is 1.62. The summed E-state index contributed by atoms with van der Waals surface area (Å²) in [4.78, 5) is 4.16. The Morgan fingerprint density at radius 2 is 2.22 bits per heavy atom. The summed E-state index contributed by atoms with van der Waals surface area (Å²) in [7, 11) is 1.62. The first-order valence-electron chi connectivity index (χ1n) is 5.47.